The zero-order valence-electron chi connectivity index (χ0n) is 10.7. The van der Waals surface area contributed by atoms with E-state index in [-0.39, 0.29) is 5.56 Å². The van der Waals surface area contributed by atoms with E-state index in [9.17, 15) is 9.59 Å². The number of aliphatic hydroxyl groups is 2. The molecule has 0 radical (unpaired) electrons. The van der Waals surface area contributed by atoms with E-state index in [0.29, 0.717) is 11.3 Å². The van der Waals surface area contributed by atoms with Crippen molar-refractivity contribution < 1.29 is 15.0 Å². The fourth-order valence-corrected chi connectivity index (χ4v) is 1.60. The van der Waals surface area contributed by atoms with Crippen LogP contribution in [-0.4, -0.2) is 39.9 Å². The van der Waals surface area contributed by atoms with E-state index in [1.165, 1.54) is 6.92 Å². The van der Waals surface area contributed by atoms with Gasteiger partial charge in [-0.2, -0.15) is 0 Å². The monoisotopic (exact) mass is 254 g/mol. The van der Waals surface area contributed by atoms with Gasteiger partial charge in [-0.05, 0) is 32.4 Å². The van der Waals surface area contributed by atoms with E-state index in [2.05, 4.69) is 10.3 Å². The Hall–Kier alpha value is -1.66. The van der Waals surface area contributed by atoms with Gasteiger partial charge in [0.05, 0.1) is 18.8 Å². The van der Waals surface area contributed by atoms with Gasteiger partial charge in [-0.3, -0.25) is 9.59 Å². The number of aryl methyl sites for hydroxylation is 2. The summed E-state index contributed by atoms with van der Waals surface area (Å²) in [5, 5.41) is 20.7. The Balaban J connectivity index is 3.10. The predicted octanol–water partition coefficient (Wildman–Crippen LogP) is -0.535. The molecule has 0 aliphatic heterocycles. The Bertz CT molecular complexity index is 503. The number of hydrogen-bond donors (Lipinski definition) is 4. The topological polar surface area (TPSA) is 102 Å². The van der Waals surface area contributed by atoms with Crippen LogP contribution in [0, 0.1) is 13.8 Å². The SMILES string of the molecule is Cc1cc(C)c(C(=O)NC(C)(CO)CO)c(=O)[nH]1. The number of pyridine rings is 1. The number of rotatable bonds is 4. The van der Waals surface area contributed by atoms with Crippen molar-refractivity contribution in [3.63, 3.8) is 0 Å². The molecule has 1 heterocycles. The first-order valence-corrected chi connectivity index (χ1v) is 5.58. The average Bonchev–Trinajstić information content (AvgIpc) is 2.27. The van der Waals surface area contributed by atoms with Gasteiger partial charge in [0.1, 0.15) is 5.56 Å². The summed E-state index contributed by atoms with van der Waals surface area (Å²) < 4.78 is 0. The number of carbonyl (C=O) groups is 1. The number of nitrogens with one attached hydrogen (secondary N) is 2. The highest BCUT2D eigenvalue weighted by atomic mass is 16.3. The molecule has 6 heteroatoms. The van der Waals surface area contributed by atoms with E-state index in [1.807, 2.05) is 0 Å². The van der Waals surface area contributed by atoms with Gasteiger partial charge in [-0.15, -0.1) is 0 Å². The normalized spacial score (nSPS) is 11.4. The number of hydrogen-bond acceptors (Lipinski definition) is 4. The van der Waals surface area contributed by atoms with Crippen LogP contribution in [0.25, 0.3) is 0 Å². The second-order valence-corrected chi connectivity index (χ2v) is 4.67. The highest BCUT2D eigenvalue weighted by Gasteiger charge is 2.27. The fourth-order valence-electron chi connectivity index (χ4n) is 1.60. The van der Waals surface area contributed by atoms with E-state index >= 15 is 0 Å². The standard InChI is InChI=1S/C12H18N2O4/c1-7-4-8(2)13-10(17)9(7)11(18)14-12(3,5-15)6-16/h4,15-16H,5-6H2,1-3H3,(H,13,17)(H,14,18). The number of carbonyl (C=O) groups excluding carboxylic acids is 1. The second-order valence-electron chi connectivity index (χ2n) is 4.67. The van der Waals surface area contributed by atoms with Crippen molar-refractivity contribution in [2.24, 2.45) is 0 Å². The summed E-state index contributed by atoms with van der Waals surface area (Å²) >= 11 is 0. The van der Waals surface area contributed by atoms with Gasteiger partial charge < -0.3 is 20.5 Å². The molecule has 0 aromatic carbocycles. The summed E-state index contributed by atoms with van der Waals surface area (Å²) in [7, 11) is 0. The first-order chi connectivity index (χ1) is 8.33. The minimum Gasteiger partial charge on any atom is -0.394 e. The lowest BCUT2D eigenvalue weighted by Gasteiger charge is -2.26. The van der Waals surface area contributed by atoms with Crippen molar-refractivity contribution in [3.8, 4) is 0 Å². The van der Waals surface area contributed by atoms with Crippen LogP contribution in [-0.2, 0) is 0 Å². The Morgan fingerprint density at radius 1 is 1.39 bits per heavy atom. The predicted molar refractivity (Wildman–Crippen MR) is 66.6 cm³/mol. The lowest BCUT2D eigenvalue weighted by Crippen LogP contribution is -2.52. The molecule has 0 unspecified atom stereocenters. The molecule has 18 heavy (non-hydrogen) atoms. The third kappa shape index (κ3) is 2.96. The van der Waals surface area contributed by atoms with Crippen molar-refractivity contribution >= 4 is 5.91 Å². The number of aromatic amines is 1. The zero-order valence-corrected chi connectivity index (χ0v) is 10.7. The van der Waals surface area contributed by atoms with Crippen molar-refractivity contribution in [2.45, 2.75) is 26.3 Å². The fraction of sp³-hybridized carbons (Fsp3) is 0.500. The smallest absolute Gasteiger partial charge is 0.261 e. The van der Waals surface area contributed by atoms with E-state index in [0.717, 1.165) is 0 Å². The van der Waals surface area contributed by atoms with Gasteiger partial charge in [0, 0.05) is 5.69 Å². The molecule has 6 nitrogen and oxygen atoms in total. The molecule has 100 valence electrons. The number of amides is 1. The van der Waals surface area contributed by atoms with Crippen LogP contribution in [0.4, 0.5) is 0 Å². The van der Waals surface area contributed by atoms with Gasteiger partial charge in [0.25, 0.3) is 11.5 Å². The molecule has 4 N–H and O–H groups in total. The van der Waals surface area contributed by atoms with Crippen molar-refractivity contribution in [1.29, 1.82) is 0 Å². The molecular formula is C12H18N2O4. The summed E-state index contributed by atoms with van der Waals surface area (Å²) in [5.41, 5.74) is -0.425. The van der Waals surface area contributed by atoms with Crippen molar-refractivity contribution in [3.05, 3.63) is 33.2 Å². The molecule has 0 spiro atoms. The maximum atomic E-state index is 12.0. The lowest BCUT2D eigenvalue weighted by molar-refractivity contribution is 0.0722. The highest BCUT2D eigenvalue weighted by Crippen LogP contribution is 2.07. The number of H-pyrrole nitrogens is 1. The Kier molecular flexibility index (Phi) is 4.26. The summed E-state index contributed by atoms with van der Waals surface area (Å²) in [5.74, 6) is -0.612. The molecule has 0 saturated heterocycles. The average molecular weight is 254 g/mol. The summed E-state index contributed by atoms with van der Waals surface area (Å²) in [6.07, 6.45) is 0. The van der Waals surface area contributed by atoms with Crippen LogP contribution in [0.3, 0.4) is 0 Å². The molecule has 0 fully saturated rings. The van der Waals surface area contributed by atoms with Crippen LogP contribution >= 0.6 is 0 Å². The molecule has 1 amide bonds. The molecule has 0 bridgehead atoms. The van der Waals surface area contributed by atoms with Crippen molar-refractivity contribution in [2.75, 3.05) is 13.2 Å². The van der Waals surface area contributed by atoms with Gasteiger partial charge >= 0.3 is 0 Å². The summed E-state index contributed by atoms with van der Waals surface area (Å²) in [6.45, 7) is 4.03. The largest absolute Gasteiger partial charge is 0.394 e. The number of aromatic nitrogens is 1. The van der Waals surface area contributed by atoms with Crippen LogP contribution in [0.2, 0.25) is 0 Å². The van der Waals surface area contributed by atoms with Crippen LogP contribution in [0.1, 0.15) is 28.5 Å². The molecule has 1 aromatic heterocycles. The third-order valence-electron chi connectivity index (χ3n) is 2.71. The van der Waals surface area contributed by atoms with Gasteiger partial charge in [-0.1, -0.05) is 0 Å². The molecule has 0 saturated carbocycles. The first-order valence-electron chi connectivity index (χ1n) is 5.58. The molecular weight excluding hydrogens is 236 g/mol. The molecule has 1 rings (SSSR count). The second kappa shape index (κ2) is 5.32. The van der Waals surface area contributed by atoms with Crippen LogP contribution < -0.4 is 10.9 Å². The van der Waals surface area contributed by atoms with E-state index < -0.39 is 30.2 Å². The minimum absolute atomic E-state index is 0.00581. The van der Waals surface area contributed by atoms with Crippen molar-refractivity contribution in [1.82, 2.24) is 10.3 Å². The van der Waals surface area contributed by atoms with Gasteiger partial charge in [0.15, 0.2) is 0 Å². The van der Waals surface area contributed by atoms with Gasteiger partial charge in [-0.25, -0.2) is 0 Å². The van der Waals surface area contributed by atoms with Crippen LogP contribution in [0.15, 0.2) is 10.9 Å². The lowest BCUT2D eigenvalue weighted by atomic mass is 10.0. The zero-order chi connectivity index (χ0) is 13.9. The molecule has 1 aromatic rings. The Labute approximate surface area is 105 Å². The minimum atomic E-state index is -1.15. The first kappa shape index (κ1) is 14.4. The Morgan fingerprint density at radius 3 is 2.39 bits per heavy atom. The maximum Gasteiger partial charge on any atom is 0.261 e. The van der Waals surface area contributed by atoms with Crippen LogP contribution in [0.5, 0.6) is 0 Å². The summed E-state index contributed by atoms with van der Waals surface area (Å²) in [6, 6.07) is 1.69. The third-order valence-corrected chi connectivity index (χ3v) is 2.71. The highest BCUT2D eigenvalue weighted by molar-refractivity contribution is 5.95. The quantitative estimate of drug-likeness (QED) is 0.579. The summed E-state index contributed by atoms with van der Waals surface area (Å²) in [4.78, 5) is 26.2. The molecule has 0 aliphatic rings. The van der Waals surface area contributed by atoms with Gasteiger partial charge in [0.2, 0.25) is 0 Å². The maximum absolute atomic E-state index is 12.0. The number of aliphatic hydroxyl groups excluding tert-OH is 2. The Morgan fingerprint density at radius 2 is 1.94 bits per heavy atom. The molecule has 0 atom stereocenters. The molecule has 0 aliphatic carbocycles. The van der Waals surface area contributed by atoms with E-state index in [1.54, 1.807) is 19.9 Å². The van der Waals surface area contributed by atoms with E-state index in [4.69, 9.17) is 10.2 Å².